The zero-order valence-electron chi connectivity index (χ0n) is 17.4. The van der Waals surface area contributed by atoms with Crippen LogP contribution in [0.1, 0.15) is 60.4 Å². The van der Waals surface area contributed by atoms with E-state index in [1.54, 1.807) is 0 Å². The summed E-state index contributed by atoms with van der Waals surface area (Å²) in [5, 5.41) is 7.85. The van der Waals surface area contributed by atoms with Crippen molar-refractivity contribution in [2.24, 2.45) is 0 Å². The largest absolute Gasteiger partial charge is 0.483 e. The molecule has 1 amide bonds. The van der Waals surface area contributed by atoms with Crippen molar-refractivity contribution in [1.29, 1.82) is 0 Å². The third kappa shape index (κ3) is 4.64. The molecule has 5 nitrogen and oxygen atoms in total. The summed E-state index contributed by atoms with van der Waals surface area (Å²) in [6.07, 6.45) is 3.89. The van der Waals surface area contributed by atoms with Gasteiger partial charge in [-0.05, 0) is 72.6 Å². The maximum atomic E-state index is 12.5. The van der Waals surface area contributed by atoms with Crippen LogP contribution in [0.5, 0.6) is 5.75 Å². The lowest BCUT2D eigenvalue weighted by molar-refractivity contribution is -0.124. The summed E-state index contributed by atoms with van der Waals surface area (Å²) in [6, 6.07) is 8.59. The third-order valence-electron chi connectivity index (χ3n) is 5.19. The fourth-order valence-corrected chi connectivity index (χ4v) is 4.57. The fraction of sp³-hybridized carbons (Fsp3) is 0.591. The van der Waals surface area contributed by atoms with E-state index in [4.69, 9.17) is 4.74 Å². The maximum Gasteiger partial charge on any atom is 0.258 e. The van der Waals surface area contributed by atoms with Crippen LogP contribution >= 0.6 is 0 Å². The second-order valence-corrected chi connectivity index (χ2v) is 9.36. The number of ether oxygens (including phenoxy) is 1. The molecule has 5 heteroatoms. The van der Waals surface area contributed by atoms with E-state index in [0.717, 1.165) is 29.5 Å². The van der Waals surface area contributed by atoms with E-state index in [1.807, 2.05) is 12.1 Å². The molecule has 1 aromatic carbocycles. The molecule has 2 N–H and O–H groups in total. The molecule has 0 saturated carbocycles. The molecule has 0 unspecified atom stereocenters. The van der Waals surface area contributed by atoms with Crippen LogP contribution in [0.2, 0.25) is 0 Å². The highest BCUT2D eigenvalue weighted by molar-refractivity contribution is 5.87. The molecule has 1 aliphatic heterocycles. The predicted octanol–water partition coefficient (Wildman–Crippen LogP) is 4.03. The van der Waals surface area contributed by atoms with Crippen LogP contribution < -0.4 is 15.4 Å². The van der Waals surface area contributed by atoms with Crippen molar-refractivity contribution in [3.63, 3.8) is 0 Å². The number of benzene rings is 1. The Labute approximate surface area is 162 Å². The summed E-state index contributed by atoms with van der Waals surface area (Å²) in [5.74, 6) is 0.696. The van der Waals surface area contributed by atoms with E-state index in [1.165, 1.54) is 0 Å². The topological polar surface area (TPSA) is 55.3 Å². The lowest BCUT2D eigenvalue weighted by Gasteiger charge is -2.46. The van der Waals surface area contributed by atoms with Crippen molar-refractivity contribution in [3.05, 3.63) is 30.5 Å². The van der Waals surface area contributed by atoms with Crippen LogP contribution in [0.3, 0.4) is 0 Å². The van der Waals surface area contributed by atoms with Gasteiger partial charge in [0, 0.05) is 34.7 Å². The summed E-state index contributed by atoms with van der Waals surface area (Å²) >= 11 is 0. The van der Waals surface area contributed by atoms with Gasteiger partial charge in [-0.15, -0.1) is 0 Å². The Morgan fingerprint density at radius 1 is 1.22 bits per heavy atom. The van der Waals surface area contributed by atoms with Gasteiger partial charge in [0.15, 0.2) is 6.61 Å². The van der Waals surface area contributed by atoms with Gasteiger partial charge in [-0.25, -0.2) is 0 Å². The van der Waals surface area contributed by atoms with Gasteiger partial charge in [0.05, 0.1) is 5.52 Å². The summed E-state index contributed by atoms with van der Waals surface area (Å²) in [6.45, 7) is 13.1. The molecule has 0 bridgehead atoms. The third-order valence-corrected chi connectivity index (χ3v) is 5.19. The number of piperidine rings is 1. The van der Waals surface area contributed by atoms with E-state index >= 15 is 0 Å². The smallest absolute Gasteiger partial charge is 0.258 e. The Morgan fingerprint density at radius 2 is 1.89 bits per heavy atom. The summed E-state index contributed by atoms with van der Waals surface area (Å²) in [7, 11) is 0. The number of carbonyl (C=O) groups excluding carboxylic acids is 1. The van der Waals surface area contributed by atoms with Gasteiger partial charge in [0.1, 0.15) is 5.75 Å². The molecule has 0 spiro atoms. The number of fused-ring (bicyclic) bond motifs is 1. The molecular weight excluding hydrogens is 338 g/mol. The van der Waals surface area contributed by atoms with Crippen LogP contribution in [0.25, 0.3) is 10.9 Å². The first-order valence-corrected chi connectivity index (χ1v) is 9.87. The van der Waals surface area contributed by atoms with Gasteiger partial charge < -0.3 is 19.9 Å². The van der Waals surface area contributed by atoms with Gasteiger partial charge in [-0.1, -0.05) is 6.07 Å². The van der Waals surface area contributed by atoms with Crippen molar-refractivity contribution < 1.29 is 9.53 Å². The minimum absolute atomic E-state index is 0.00586. The van der Waals surface area contributed by atoms with Crippen LogP contribution in [0, 0.1) is 0 Å². The Morgan fingerprint density at radius 3 is 2.52 bits per heavy atom. The SMILES string of the molecule is CC(C)n1ccc2c(OCC(=O)NC3CC(C)(C)NC(C)(C)C3)cccc21. The molecule has 2 aromatic rings. The second kappa shape index (κ2) is 7.19. The van der Waals surface area contributed by atoms with Gasteiger partial charge in [-0.3, -0.25) is 4.79 Å². The number of hydrogen-bond acceptors (Lipinski definition) is 3. The zero-order valence-corrected chi connectivity index (χ0v) is 17.4. The molecule has 1 saturated heterocycles. The predicted molar refractivity (Wildman–Crippen MR) is 110 cm³/mol. The molecule has 0 radical (unpaired) electrons. The molecule has 0 atom stereocenters. The van der Waals surface area contributed by atoms with Gasteiger partial charge in [-0.2, -0.15) is 0 Å². The van der Waals surface area contributed by atoms with E-state index < -0.39 is 0 Å². The number of nitrogens with one attached hydrogen (secondary N) is 2. The Bertz CT molecular complexity index is 804. The lowest BCUT2D eigenvalue weighted by atomic mass is 9.79. The average Bonchev–Trinajstić information content (AvgIpc) is 2.94. The zero-order chi connectivity index (χ0) is 19.8. The molecule has 1 fully saturated rings. The minimum Gasteiger partial charge on any atom is -0.483 e. The van der Waals surface area contributed by atoms with Crippen LogP contribution in [0.15, 0.2) is 30.5 Å². The van der Waals surface area contributed by atoms with Crippen LogP contribution in [0.4, 0.5) is 0 Å². The molecule has 3 rings (SSSR count). The van der Waals surface area contributed by atoms with Crippen molar-refractivity contribution in [2.45, 2.75) is 77.5 Å². The van der Waals surface area contributed by atoms with Gasteiger partial charge >= 0.3 is 0 Å². The average molecular weight is 372 g/mol. The van der Waals surface area contributed by atoms with Crippen LogP contribution in [-0.4, -0.2) is 34.2 Å². The summed E-state index contributed by atoms with van der Waals surface area (Å²) < 4.78 is 8.09. The number of rotatable bonds is 5. The molecule has 0 aliphatic carbocycles. The maximum absolute atomic E-state index is 12.5. The van der Waals surface area contributed by atoms with Crippen molar-refractivity contribution in [1.82, 2.24) is 15.2 Å². The molecule has 1 aromatic heterocycles. The first-order chi connectivity index (χ1) is 12.6. The second-order valence-electron chi connectivity index (χ2n) is 9.36. The standard InChI is InChI=1S/C22H33N3O2/c1-15(2)25-11-10-17-18(25)8-7-9-19(17)27-14-20(26)23-16-12-21(3,4)24-22(5,6)13-16/h7-11,15-16,24H,12-14H2,1-6H3,(H,23,26). The van der Waals surface area contributed by atoms with Crippen LogP contribution in [-0.2, 0) is 4.79 Å². The Hall–Kier alpha value is -2.01. The number of aromatic nitrogens is 1. The molecular formula is C22H33N3O2. The summed E-state index contributed by atoms with van der Waals surface area (Å²) in [5.41, 5.74) is 1.14. The number of nitrogens with zero attached hydrogens (tertiary/aromatic N) is 1. The first-order valence-electron chi connectivity index (χ1n) is 9.87. The molecule has 148 valence electrons. The quantitative estimate of drug-likeness (QED) is 0.834. The van der Waals surface area contributed by atoms with E-state index in [2.05, 4.69) is 75.1 Å². The number of carbonyl (C=O) groups is 1. The van der Waals surface area contributed by atoms with Crippen molar-refractivity contribution in [2.75, 3.05) is 6.61 Å². The van der Waals surface area contributed by atoms with Crippen molar-refractivity contribution in [3.8, 4) is 5.75 Å². The first kappa shape index (κ1) is 19.7. The monoisotopic (exact) mass is 371 g/mol. The number of hydrogen-bond donors (Lipinski definition) is 2. The van der Waals surface area contributed by atoms with E-state index in [9.17, 15) is 4.79 Å². The molecule has 27 heavy (non-hydrogen) atoms. The Balaban J connectivity index is 1.64. The highest BCUT2D eigenvalue weighted by Gasteiger charge is 2.38. The minimum atomic E-state index is -0.0613. The van der Waals surface area contributed by atoms with Gasteiger partial charge in [0.2, 0.25) is 0 Å². The van der Waals surface area contributed by atoms with E-state index in [-0.39, 0.29) is 29.6 Å². The summed E-state index contributed by atoms with van der Waals surface area (Å²) in [4.78, 5) is 12.5. The molecule has 2 heterocycles. The fourth-order valence-electron chi connectivity index (χ4n) is 4.57. The highest BCUT2D eigenvalue weighted by Crippen LogP contribution is 2.30. The number of amides is 1. The lowest BCUT2D eigenvalue weighted by Crippen LogP contribution is -2.62. The highest BCUT2D eigenvalue weighted by atomic mass is 16.5. The van der Waals surface area contributed by atoms with Crippen molar-refractivity contribution >= 4 is 16.8 Å². The normalized spacial score (nSPS) is 19.4. The Kier molecular flexibility index (Phi) is 5.26. The molecule has 1 aliphatic rings. The van der Waals surface area contributed by atoms with Gasteiger partial charge in [0.25, 0.3) is 5.91 Å². The van der Waals surface area contributed by atoms with E-state index in [0.29, 0.717) is 6.04 Å².